The van der Waals surface area contributed by atoms with Gasteiger partial charge in [-0.05, 0) is 30.5 Å². The average Bonchev–Trinajstić information content (AvgIpc) is 2.02. The first-order chi connectivity index (χ1) is 5.96. The van der Waals surface area contributed by atoms with Crippen LogP contribution in [0.5, 0.6) is 0 Å². The molecular weight excluding hydrogens is 211 g/mol. The first-order valence-corrected chi connectivity index (χ1v) is 5.42. The summed E-state index contributed by atoms with van der Waals surface area (Å²) in [6.07, 6.45) is 0.559. The minimum Gasteiger partial charge on any atom is -0.744 e. The molecule has 0 aliphatic carbocycles. The van der Waals surface area contributed by atoms with Crippen LogP contribution < -0.4 is 29.6 Å². The van der Waals surface area contributed by atoms with Gasteiger partial charge in [-0.2, -0.15) is 0 Å². The molecule has 0 aliphatic rings. The maximum absolute atomic E-state index is 10.8. The van der Waals surface area contributed by atoms with Gasteiger partial charge >= 0.3 is 29.6 Å². The Morgan fingerprint density at radius 3 is 2.29 bits per heavy atom. The van der Waals surface area contributed by atoms with Crippen molar-refractivity contribution < 1.29 is 42.5 Å². The molecule has 0 saturated heterocycles. The number of hydrogen-bond acceptors (Lipinski definition) is 3. The zero-order chi connectivity index (χ0) is 10.1. The molecule has 72 valence electrons. The van der Waals surface area contributed by atoms with E-state index in [1.165, 1.54) is 6.07 Å². The van der Waals surface area contributed by atoms with E-state index in [0.29, 0.717) is 12.0 Å². The van der Waals surface area contributed by atoms with Crippen LogP contribution in [0.3, 0.4) is 0 Å². The quantitative estimate of drug-likeness (QED) is 0.450. The van der Waals surface area contributed by atoms with Gasteiger partial charge in [0.2, 0.25) is 0 Å². The molecular formula is C9H11NaO3S. The van der Waals surface area contributed by atoms with Gasteiger partial charge in [0, 0.05) is 0 Å². The van der Waals surface area contributed by atoms with Crippen LogP contribution in [0.2, 0.25) is 0 Å². The number of benzene rings is 1. The van der Waals surface area contributed by atoms with E-state index in [9.17, 15) is 13.0 Å². The van der Waals surface area contributed by atoms with Gasteiger partial charge in [0.15, 0.2) is 0 Å². The van der Waals surface area contributed by atoms with Crippen LogP contribution in [0.1, 0.15) is 18.1 Å². The molecule has 0 aromatic heterocycles. The zero-order valence-electron chi connectivity index (χ0n) is 8.57. The zero-order valence-corrected chi connectivity index (χ0v) is 11.4. The fraction of sp³-hybridized carbons (Fsp3) is 0.333. The van der Waals surface area contributed by atoms with Crippen molar-refractivity contribution >= 4 is 10.1 Å². The maximum atomic E-state index is 10.8. The number of aryl methyl sites for hydroxylation is 1. The molecule has 0 N–H and O–H groups in total. The van der Waals surface area contributed by atoms with Crippen molar-refractivity contribution in [3.63, 3.8) is 0 Å². The van der Waals surface area contributed by atoms with E-state index >= 15 is 0 Å². The van der Waals surface area contributed by atoms with Gasteiger partial charge in [0.05, 0.1) is 4.90 Å². The fourth-order valence-corrected chi connectivity index (χ4v) is 2.21. The molecule has 0 saturated carbocycles. The standard InChI is InChI=1S/C9H12O3S.Na/c1-3-8-7(2)5-4-6-9(8)13(10,11)12;/h4-6H,3H2,1-2H3,(H,10,11,12);/q;+1/p-1. The van der Waals surface area contributed by atoms with E-state index in [0.717, 1.165) is 5.56 Å². The molecule has 0 fully saturated rings. The molecule has 0 radical (unpaired) electrons. The predicted molar refractivity (Wildman–Crippen MR) is 48.5 cm³/mol. The molecule has 0 amide bonds. The van der Waals surface area contributed by atoms with Crippen molar-refractivity contribution in [2.45, 2.75) is 25.2 Å². The summed E-state index contributed by atoms with van der Waals surface area (Å²) >= 11 is 0. The minimum atomic E-state index is -4.32. The van der Waals surface area contributed by atoms with E-state index in [-0.39, 0.29) is 34.5 Å². The van der Waals surface area contributed by atoms with Crippen molar-refractivity contribution in [2.24, 2.45) is 0 Å². The molecule has 0 aliphatic heterocycles. The van der Waals surface area contributed by atoms with E-state index in [1.54, 1.807) is 19.1 Å². The molecule has 1 aromatic carbocycles. The fourth-order valence-electron chi connectivity index (χ4n) is 1.36. The van der Waals surface area contributed by atoms with E-state index in [1.807, 2.05) is 6.92 Å². The smallest absolute Gasteiger partial charge is 0.744 e. The first kappa shape index (κ1) is 14.1. The summed E-state index contributed by atoms with van der Waals surface area (Å²) in [7, 11) is -4.32. The Morgan fingerprint density at radius 1 is 1.36 bits per heavy atom. The Bertz CT molecular complexity index is 412. The second kappa shape index (κ2) is 5.28. The average molecular weight is 222 g/mol. The summed E-state index contributed by atoms with van der Waals surface area (Å²) in [6.45, 7) is 3.63. The van der Waals surface area contributed by atoms with Crippen molar-refractivity contribution in [1.29, 1.82) is 0 Å². The van der Waals surface area contributed by atoms with Crippen LogP contribution in [0.15, 0.2) is 23.1 Å². The van der Waals surface area contributed by atoms with E-state index in [4.69, 9.17) is 0 Å². The van der Waals surface area contributed by atoms with Crippen LogP contribution >= 0.6 is 0 Å². The predicted octanol–water partition coefficient (Wildman–Crippen LogP) is -1.53. The molecule has 14 heavy (non-hydrogen) atoms. The number of rotatable bonds is 2. The van der Waals surface area contributed by atoms with Crippen molar-refractivity contribution in [3.8, 4) is 0 Å². The van der Waals surface area contributed by atoms with E-state index in [2.05, 4.69) is 0 Å². The van der Waals surface area contributed by atoms with Gasteiger partial charge in [0.25, 0.3) is 0 Å². The largest absolute Gasteiger partial charge is 1.00 e. The Balaban J connectivity index is 0.00000169. The second-order valence-corrected chi connectivity index (χ2v) is 4.21. The molecule has 0 spiro atoms. The SMILES string of the molecule is CCc1c(C)cccc1S(=O)(=O)[O-].[Na+]. The van der Waals surface area contributed by atoms with Crippen LogP contribution in [-0.2, 0) is 16.5 Å². The molecule has 1 rings (SSSR count). The van der Waals surface area contributed by atoms with E-state index < -0.39 is 10.1 Å². The van der Waals surface area contributed by atoms with Gasteiger partial charge in [-0.25, -0.2) is 8.42 Å². The minimum absolute atomic E-state index is 0. The summed E-state index contributed by atoms with van der Waals surface area (Å²) in [5.41, 5.74) is 1.47. The third-order valence-electron chi connectivity index (χ3n) is 1.99. The topological polar surface area (TPSA) is 57.2 Å². The molecule has 5 heteroatoms. The van der Waals surface area contributed by atoms with Crippen molar-refractivity contribution in [1.82, 2.24) is 0 Å². The maximum Gasteiger partial charge on any atom is 1.00 e. The van der Waals surface area contributed by atoms with Gasteiger partial charge in [-0.1, -0.05) is 19.1 Å². The number of hydrogen-bond donors (Lipinski definition) is 0. The molecule has 3 nitrogen and oxygen atoms in total. The van der Waals surface area contributed by atoms with Crippen molar-refractivity contribution in [3.05, 3.63) is 29.3 Å². The van der Waals surface area contributed by atoms with Gasteiger partial charge < -0.3 is 4.55 Å². The van der Waals surface area contributed by atoms with Crippen LogP contribution in [-0.4, -0.2) is 13.0 Å². The molecule has 0 bridgehead atoms. The Morgan fingerprint density at radius 2 is 1.93 bits per heavy atom. The molecule has 0 heterocycles. The summed E-state index contributed by atoms with van der Waals surface area (Å²) in [5, 5.41) is 0. The molecule has 0 atom stereocenters. The molecule has 1 aromatic rings. The second-order valence-electron chi connectivity index (χ2n) is 2.86. The summed E-state index contributed by atoms with van der Waals surface area (Å²) in [6, 6.07) is 4.74. The van der Waals surface area contributed by atoms with Crippen LogP contribution in [0.4, 0.5) is 0 Å². The monoisotopic (exact) mass is 222 g/mol. The summed E-state index contributed by atoms with van der Waals surface area (Å²) in [4.78, 5) is -0.0880. The third-order valence-corrected chi connectivity index (χ3v) is 2.91. The van der Waals surface area contributed by atoms with Gasteiger partial charge in [0.1, 0.15) is 10.1 Å². The van der Waals surface area contributed by atoms with Crippen molar-refractivity contribution in [2.75, 3.05) is 0 Å². The Hall–Kier alpha value is 0.130. The molecule has 0 unspecified atom stereocenters. The Labute approximate surface area is 107 Å². The van der Waals surface area contributed by atoms with Crippen LogP contribution in [0.25, 0.3) is 0 Å². The summed E-state index contributed by atoms with van der Waals surface area (Å²) < 4.78 is 32.4. The normalized spacial score (nSPS) is 10.8. The third kappa shape index (κ3) is 3.07. The Kier molecular flexibility index (Phi) is 5.33. The van der Waals surface area contributed by atoms with Gasteiger partial charge in [-0.15, -0.1) is 0 Å². The van der Waals surface area contributed by atoms with Crippen LogP contribution in [0, 0.1) is 6.92 Å². The first-order valence-electron chi connectivity index (χ1n) is 4.01. The van der Waals surface area contributed by atoms with Gasteiger partial charge in [-0.3, -0.25) is 0 Å². The summed E-state index contributed by atoms with van der Waals surface area (Å²) in [5.74, 6) is 0.